The molecule has 0 aromatic rings. The van der Waals surface area contributed by atoms with Crippen molar-refractivity contribution in [3.8, 4) is 0 Å². The van der Waals surface area contributed by atoms with Gasteiger partial charge in [-0.1, -0.05) is 6.92 Å². The lowest BCUT2D eigenvalue weighted by atomic mass is 9.93. The van der Waals surface area contributed by atoms with Gasteiger partial charge >= 0.3 is 0 Å². The van der Waals surface area contributed by atoms with E-state index in [9.17, 15) is 0 Å². The van der Waals surface area contributed by atoms with Crippen LogP contribution >= 0.6 is 0 Å². The average Bonchev–Trinajstić information content (AvgIpc) is 1.83. The SMILES string of the molecule is C[C@@H]1CNCC(O)(O)[C@@H]1O. The Labute approximate surface area is 59.5 Å². The van der Waals surface area contributed by atoms with Crippen LogP contribution in [-0.2, 0) is 0 Å². The topological polar surface area (TPSA) is 72.7 Å². The monoisotopic (exact) mass is 147 g/mol. The van der Waals surface area contributed by atoms with Crippen molar-refractivity contribution in [2.45, 2.75) is 18.8 Å². The van der Waals surface area contributed by atoms with Crippen LogP contribution in [0.3, 0.4) is 0 Å². The molecule has 10 heavy (non-hydrogen) atoms. The zero-order valence-corrected chi connectivity index (χ0v) is 5.91. The highest BCUT2D eigenvalue weighted by Gasteiger charge is 2.39. The van der Waals surface area contributed by atoms with Gasteiger partial charge in [-0.15, -0.1) is 0 Å². The Bertz CT molecular complexity index is 126. The number of rotatable bonds is 0. The summed E-state index contributed by atoms with van der Waals surface area (Å²) in [5, 5.41) is 30.1. The largest absolute Gasteiger partial charge is 0.387 e. The summed E-state index contributed by atoms with van der Waals surface area (Å²) in [5.41, 5.74) is 0. The van der Waals surface area contributed by atoms with Crippen molar-refractivity contribution in [3.63, 3.8) is 0 Å². The molecular weight excluding hydrogens is 134 g/mol. The van der Waals surface area contributed by atoms with Crippen LogP contribution in [0.15, 0.2) is 0 Å². The summed E-state index contributed by atoms with van der Waals surface area (Å²) in [5.74, 6) is -2.05. The third-order valence-corrected chi connectivity index (χ3v) is 1.86. The molecule has 0 saturated carbocycles. The lowest BCUT2D eigenvalue weighted by Crippen LogP contribution is -2.59. The maximum Gasteiger partial charge on any atom is 0.202 e. The van der Waals surface area contributed by atoms with Crippen molar-refractivity contribution in [3.05, 3.63) is 0 Å². The van der Waals surface area contributed by atoms with Crippen LogP contribution in [0.2, 0.25) is 0 Å². The van der Waals surface area contributed by atoms with E-state index < -0.39 is 11.9 Å². The van der Waals surface area contributed by atoms with Gasteiger partial charge in [0, 0.05) is 6.54 Å². The van der Waals surface area contributed by atoms with Gasteiger partial charge in [-0.3, -0.25) is 0 Å². The Balaban J connectivity index is 2.60. The molecule has 1 heterocycles. The van der Waals surface area contributed by atoms with Crippen LogP contribution in [0.4, 0.5) is 0 Å². The Kier molecular flexibility index (Phi) is 1.96. The van der Waals surface area contributed by atoms with Gasteiger partial charge in [-0.25, -0.2) is 0 Å². The first-order valence-corrected chi connectivity index (χ1v) is 3.37. The number of aliphatic hydroxyl groups is 3. The van der Waals surface area contributed by atoms with Crippen LogP contribution in [0.5, 0.6) is 0 Å². The van der Waals surface area contributed by atoms with Crippen LogP contribution < -0.4 is 5.32 Å². The summed E-state index contributed by atoms with van der Waals surface area (Å²) in [6.07, 6.45) is -1.03. The molecule has 0 aromatic carbocycles. The number of β-amino-alcohol motifs (C(OH)–C–C–N with tert-alkyl or cyclic N) is 2. The van der Waals surface area contributed by atoms with Gasteiger partial charge in [0.1, 0.15) is 6.10 Å². The fourth-order valence-electron chi connectivity index (χ4n) is 1.16. The first-order chi connectivity index (χ1) is 4.54. The normalized spacial score (nSPS) is 39.6. The van der Waals surface area contributed by atoms with Crippen LogP contribution in [0.1, 0.15) is 6.92 Å². The zero-order valence-electron chi connectivity index (χ0n) is 5.91. The molecule has 1 aliphatic heterocycles. The highest BCUT2D eigenvalue weighted by atomic mass is 16.5. The van der Waals surface area contributed by atoms with E-state index in [-0.39, 0.29) is 12.5 Å². The molecule has 0 bridgehead atoms. The van der Waals surface area contributed by atoms with E-state index in [0.29, 0.717) is 6.54 Å². The molecule has 0 amide bonds. The summed E-state index contributed by atoms with van der Waals surface area (Å²) in [7, 11) is 0. The second-order valence-electron chi connectivity index (χ2n) is 2.93. The molecule has 4 N–H and O–H groups in total. The van der Waals surface area contributed by atoms with Crippen molar-refractivity contribution in [1.82, 2.24) is 5.32 Å². The van der Waals surface area contributed by atoms with Crippen molar-refractivity contribution >= 4 is 0 Å². The third kappa shape index (κ3) is 1.29. The Morgan fingerprint density at radius 2 is 2.10 bits per heavy atom. The Morgan fingerprint density at radius 1 is 1.50 bits per heavy atom. The van der Waals surface area contributed by atoms with Gasteiger partial charge in [0.25, 0.3) is 0 Å². The van der Waals surface area contributed by atoms with E-state index in [2.05, 4.69) is 5.32 Å². The second-order valence-corrected chi connectivity index (χ2v) is 2.93. The van der Waals surface area contributed by atoms with Gasteiger partial charge in [-0.05, 0) is 5.92 Å². The third-order valence-electron chi connectivity index (χ3n) is 1.86. The lowest BCUT2D eigenvalue weighted by Gasteiger charge is -2.36. The number of aliphatic hydroxyl groups excluding tert-OH is 1. The van der Waals surface area contributed by atoms with Gasteiger partial charge in [0.05, 0.1) is 6.54 Å². The molecule has 0 unspecified atom stereocenters. The molecule has 4 heteroatoms. The first-order valence-electron chi connectivity index (χ1n) is 3.37. The smallest absolute Gasteiger partial charge is 0.202 e. The summed E-state index contributed by atoms with van der Waals surface area (Å²) in [6, 6.07) is 0. The molecule has 1 saturated heterocycles. The van der Waals surface area contributed by atoms with Crippen molar-refractivity contribution < 1.29 is 15.3 Å². The predicted molar refractivity (Wildman–Crippen MR) is 35.2 cm³/mol. The van der Waals surface area contributed by atoms with Crippen LogP contribution in [-0.4, -0.2) is 40.3 Å². The first kappa shape index (κ1) is 7.94. The van der Waals surface area contributed by atoms with Crippen molar-refractivity contribution in [2.75, 3.05) is 13.1 Å². The molecule has 4 nitrogen and oxygen atoms in total. The Hall–Kier alpha value is -0.160. The fraction of sp³-hybridized carbons (Fsp3) is 1.00. The van der Waals surface area contributed by atoms with E-state index >= 15 is 0 Å². The summed E-state index contributed by atoms with van der Waals surface area (Å²) < 4.78 is 0. The standard InChI is InChI=1S/C6H13NO3/c1-4-2-7-3-6(9,10)5(4)8/h4-5,7-10H,2-3H2,1H3/t4-,5-/m1/s1. The second kappa shape index (κ2) is 2.47. The van der Waals surface area contributed by atoms with E-state index in [0.717, 1.165) is 0 Å². The summed E-state index contributed by atoms with van der Waals surface area (Å²) in [6.45, 7) is 2.43. The molecule has 1 fully saturated rings. The van der Waals surface area contributed by atoms with Gasteiger partial charge in [0.15, 0.2) is 0 Å². The quantitative estimate of drug-likeness (QED) is 0.307. The number of piperidine rings is 1. The maximum atomic E-state index is 9.17. The van der Waals surface area contributed by atoms with E-state index in [4.69, 9.17) is 15.3 Å². The fourth-order valence-corrected chi connectivity index (χ4v) is 1.16. The van der Waals surface area contributed by atoms with E-state index in [1.54, 1.807) is 6.92 Å². The number of hydrogen-bond donors (Lipinski definition) is 4. The molecule has 1 rings (SSSR count). The molecule has 60 valence electrons. The minimum absolute atomic E-state index is 0.0402. The number of hydrogen-bond acceptors (Lipinski definition) is 4. The molecule has 0 spiro atoms. The lowest BCUT2D eigenvalue weighted by molar-refractivity contribution is -0.243. The molecule has 0 radical (unpaired) electrons. The van der Waals surface area contributed by atoms with Crippen LogP contribution in [0, 0.1) is 5.92 Å². The maximum absolute atomic E-state index is 9.17. The summed E-state index contributed by atoms with van der Waals surface area (Å²) >= 11 is 0. The van der Waals surface area contributed by atoms with Crippen molar-refractivity contribution in [2.24, 2.45) is 5.92 Å². The highest BCUT2D eigenvalue weighted by molar-refractivity contribution is 4.87. The summed E-state index contributed by atoms with van der Waals surface area (Å²) in [4.78, 5) is 0. The number of nitrogens with one attached hydrogen (secondary N) is 1. The highest BCUT2D eigenvalue weighted by Crippen LogP contribution is 2.17. The van der Waals surface area contributed by atoms with E-state index in [1.807, 2.05) is 0 Å². The predicted octanol–water partition coefficient (Wildman–Crippen LogP) is -1.73. The van der Waals surface area contributed by atoms with Gasteiger partial charge < -0.3 is 20.6 Å². The minimum atomic E-state index is -1.95. The molecule has 2 atom stereocenters. The molecule has 1 aliphatic rings. The van der Waals surface area contributed by atoms with E-state index in [1.165, 1.54) is 0 Å². The zero-order chi connectivity index (χ0) is 7.78. The van der Waals surface area contributed by atoms with Crippen molar-refractivity contribution in [1.29, 1.82) is 0 Å². The van der Waals surface area contributed by atoms with Gasteiger partial charge in [-0.2, -0.15) is 0 Å². The van der Waals surface area contributed by atoms with Gasteiger partial charge in [0.2, 0.25) is 5.79 Å². The van der Waals surface area contributed by atoms with Crippen LogP contribution in [0.25, 0.3) is 0 Å². The Morgan fingerprint density at radius 3 is 2.50 bits per heavy atom. The molecule has 0 aromatic heterocycles. The molecule has 0 aliphatic carbocycles. The average molecular weight is 147 g/mol. The minimum Gasteiger partial charge on any atom is -0.387 e. The molecular formula is C6H13NO3.